The second-order valence-electron chi connectivity index (χ2n) is 3.12. The quantitative estimate of drug-likeness (QED) is 0.661. The maximum Gasteiger partial charge on any atom is 0.378 e. The average Bonchev–Trinajstić information content (AvgIpc) is 2.89. The van der Waals surface area contributed by atoms with E-state index in [4.69, 9.17) is 9.26 Å². The second kappa shape index (κ2) is 4.68. The Kier molecular flexibility index (Phi) is 3.08. The zero-order valence-electron chi connectivity index (χ0n) is 9.32. The van der Waals surface area contributed by atoms with Gasteiger partial charge in [0.2, 0.25) is 5.89 Å². The van der Waals surface area contributed by atoms with Crippen molar-refractivity contribution in [2.24, 2.45) is 0 Å². The fraction of sp³-hybridized carbons (Fsp3) is 0.500. The predicted molar refractivity (Wildman–Crippen MR) is 51.9 cm³/mol. The molecule has 0 saturated carbocycles. The summed E-state index contributed by atoms with van der Waals surface area (Å²) in [6.07, 6.45) is 0. The van der Waals surface area contributed by atoms with Gasteiger partial charge in [-0.25, -0.2) is 9.48 Å². The summed E-state index contributed by atoms with van der Waals surface area (Å²) in [6, 6.07) is 0. The van der Waals surface area contributed by atoms with E-state index < -0.39 is 5.97 Å². The zero-order valence-corrected chi connectivity index (χ0v) is 9.32. The molecule has 0 aromatic carbocycles. The van der Waals surface area contributed by atoms with Gasteiger partial charge in [-0.3, -0.25) is 0 Å². The fourth-order valence-electron chi connectivity index (χ4n) is 1.19. The topological polar surface area (TPSA) is 109 Å². The largest absolute Gasteiger partial charge is 0.460 e. The van der Waals surface area contributed by atoms with Crippen LogP contribution in [0.1, 0.15) is 29.3 Å². The molecule has 0 radical (unpaired) electrons. The van der Waals surface area contributed by atoms with Crippen molar-refractivity contribution in [3.63, 3.8) is 0 Å². The van der Waals surface area contributed by atoms with Crippen molar-refractivity contribution in [2.45, 2.75) is 20.4 Å². The molecule has 90 valence electrons. The molecule has 0 atom stereocenters. The molecule has 0 saturated heterocycles. The van der Waals surface area contributed by atoms with Crippen molar-refractivity contribution >= 4 is 5.97 Å². The van der Waals surface area contributed by atoms with Crippen LogP contribution in [0.3, 0.4) is 0 Å². The standard InChI is InChI=1S/C8H10N6O3/c1-3-16-8(15)7-10-12-13-14(7)4-6-9-5(2)11-17-6/h3-4H2,1-2H3. The molecule has 0 unspecified atom stereocenters. The maximum absolute atomic E-state index is 11.5. The van der Waals surface area contributed by atoms with E-state index in [-0.39, 0.29) is 19.0 Å². The fourth-order valence-corrected chi connectivity index (χ4v) is 1.19. The van der Waals surface area contributed by atoms with Crippen LogP contribution in [0, 0.1) is 6.92 Å². The van der Waals surface area contributed by atoms with Gasteiger partial charge in [-0.2, -0.15) is 4.98 Å². The Balaban J connectivity index is 2.16. The van der Waals surface area contributed by atoms with Gasteiger partial charge in [-0.05, 0) is 24.3 Å². The molecule has 2 heterocycles. The number of carbonyl (C=O) groups is 1. The highest BCUT2D eigenvalue weighted by molar-refractivity contribution is 5.85. The molecule has 0 aliphatic carbocycles. The van der Waals surface area contributed by atoms with Crippen molar-refractivity contribution in [3.05, 3.63) is 17.5 Å². The van der Waals surface area contributed by atoms with E-state index in [1.54, 1.807) is 13.8 Å². The molecule has 9 nitrogen and oxygen atoms in total. The van der Waals surface area contributed by atoms with Crippen molar-refractivity contribution in [1.82, 2.24) is 30.3 Å². The van der Waals surface area contributed by atoms with Crippen LogP contribution in [0.5, 0.6) is 0 Å². The Morgan fingerprint density at radius 2 is 2.35 bits per heavy atom. The summed E-state index contributed by atoms with van der Waals surface area (Å²) in [6.45, 7) is 3.78. The normalized spacial score (nSPS) is 10.5. The summed E-state index contributed by atoms with van der Waals surface area (Å²) in [7, 11) is 0. The molecular formula is C8H10N6O3. The minimum atomic E-state index is -0.589. The lowest BCUT2D eigenvalue weighted by Crippen LogP contribution is -2.15. The third kappa shape index (κ3) is 2.44. The first-order valence-electron chi connectivity index (χ1n) is 4.93. The van der Waals surface area contributed by atoms with E-state index >= 15 is 0 Å². The van der Waals surface area contributed by atoms with E-state index in [0.717, 1.165) is 0 Å². The molecule has 0 aliphatic rings. The first-order valence-corrected chi connectivity index (χ1v) is 4.93. The van der Waals surface area contributed by atoms with E-state index in [1.807, 2.05) is 0 Å². The maximum atomic E-state index is 11.5. The van der Waals surface area contributed by atoms with Gasteiger partial charge in [0.1, 0.15) is 6.54 Å². The van der Waals surface area contributed by atoms with E-state index in [9.17, 15) is 4.79 Å². The Labute approximate surface area is 95.8 Å². The van der Waals surface area contributed by atoms with Gasteiger partial charge in [-0.15, -0.1) is 5.10 Å². The zero-order chi connectivity index (χ0) is 12.3. The molecule has 0 aliphatic heterocycles. The number of aromatic nitrogens is 6. The van der Waals surface area contributed by atoms with Crippen molar-refractivity contribution in [1.29, 1.82) is 0 Å². The highest BCUT2D eigenvalue weighted by Crippen LogP contribution is 2.02. The monoisotopic (exact) mass is 238 g/mol. The molecular weight excluding hydrogens is 228 g/mol. The van der Waals surface area contributed by atoms with Gasteiger partial charge < -0.3 is 9.26 Å². The van der Waals surface area contributed by atoms with Crippen molar-refractivity contribution < 1.29 is 14.1 Å². The highest BCUT2D eigenvalue weighted by atomic mass is 16.5. The van der Waals surface area contributed by atoms with Gasteiger partial charge in [0, 0.05) is 0 Å². The number of tetrazole rings is 1. The molecule has 0 spiro atoms. The Bertz CT molecular complexity index is 519. The van der Waals surface area contributed by atoms with Crippen molar-refractivity contribution in [2.75, 3.05) is 6.61 Å². The highest BCUT2D eigenvalue weighted by Gasteiger charge is 2.18. The molecule has 2 aromatic rings. The number of esters is 1. The van der Waals surface area contributed by atoms with Gasteiger partial charge in [0.05, 0.1) is 6.61 Å². The molecule has 2 aromatic heterocycles. The Morgan fingerprint density at radius 1 is 1.53 bits per heavy atom. The van der Waals surface area contributed by atoms with Gasteiger partial charge in [0.15, 0.2) is 5.82 Å². The molecule has 0 N–H and O–H groups in total. The van der Waals surface area contributed by atoms with E-state index in [2.05, 4.69) is 25.7 Å². The van der Waals surface area contributed by atoms with Gasteiger partial charge >= 0.3 is 5.97 Å². The van der Waals surface area contributed by atoms with E-state index in [1.165, 1.54) is 4.68 Å². The molecule has 0 fully saturated rings. The lowest BCUT2D eigenvalue weighted by molar-refractivity contribution is 0.0504. The molecule has 9 heteroatoms. The van der Waals surface area contributed by atoms with Crippen LogP contribution in [0.15, 0.2) is 4.52 Å². The predicted octanol–water partition coefficient (Wildman–Crippen LogP) is -0.410. The van der Waals surface area contributed by atoms with Crippen LogP contribution in [0.2, 0.25) is 0 Å². The summed E-state index contributed by atoms with van der Waals surface area (Å²) < 4.78 is 10.9. The first kappa shape index (κ1) is 11.2. The summed E-state index contributed by atoms with van der Waals surface area (Å²) in [5, 5.41) is 14.3. The van der Waals surface area contributed by atoms with Crippen LogP contribution in [-0.2, 0) is 11.3 Å². The van der Waals surface area contributed by atoms with Crippen LogP contribution in [0.25, 0.3) is 0 Å². The Hall–Kier alpha value is -2.32. The summed E-state index contributed by atoms with van der Waals surface area (Å²) in [5.74, 6) is 0.238. The number of aryl methyl sites for hydroxylation is 1. The Morgan fingerprint density at radius 3 is 3.00 bits per heavy atom. The van der Waals surface area contributed by atoms with Crippen LogP contribution in [-0.4, -0.2) is 42.9 Å². The number of hydrogen-bond acceptors (Lipinski definition) is 8. The number of hydrogen-bond donors (Lipinski definition) is 0. The average molecular weight is 238 g/mol. The smallest absolute Gasteiger partial charge is 0.378 e. The number of ether oxygens (including phenoxy) is 1. The molecule has 0 amide bonds. The van der Waals surface area contributed by atoms with Crippen LogP contribution >= 0.6 is 0 Å². The van der Waals surface area contributed by atoms with Crippen LogP contribution in [0.4, 0.5) is 0 Å². The number of carbonyl (C=O) groups excluding carboxylic acids is 1. The lowest BCUT2D eigenvalue weighted by Gasteiger charge is -2.00. The number of rotatable bonds is 4. The SMILES string of the molecule is CCOC(=O)c1nnnn1Cc1nc(C)no1. The van der Waals surface area contributed by atoms with Gasteiger partial charge in [-0.1, -0.05) is 5.16 Å². The van der Waals surface area contributed by atoms with Gasteiger partial charge in [0.25, 0.3) is 5.82 Å². The second-order valence-corrected chi connectivity index (χ2v) is 3.12. The summed E-state index contributed by atoms with van der Waals surface area (Å²) >= 11 is 0. The third-order valence-corrected chi connectivity index (χ3v) is 1.84. The molecule has 0 bridgehead atoms. The first-order chi connectivity index (χ1) is 8.20. The number of nitrogens with zero attached hydrogens (tertiary/aromatic N) is 6. The molecule has 2 rings (SSSR count). The third-order valence-electron chi connectivity index (χ3n) is 1.84. The van der Waals surface area contributed by atoms with E-state index in [0.29, 0.717) is 11.7 Å². The summed E-state index contributed by atoms with van der Waals surface area (Å²) in [5.41, 5.74) is 0. The minimum Gasteiger partial charge on any atom is -0.460 e. The van der Waals surface area contributed by atoms with Crippen LogP contribution < -0.4 is 0 Å². The minimum absolute atomic E-state index is 0.00250. The summed E-state index contributed by atoms with van der Waals surface area (Å²) in [4.78, 5) is 15.5. The van der Waals surface area contributed by atoms with Crippen molar-refractivity contribution in [3.8, 4) is 0 Å². The lowest BCUT2D eigenvalue weighted by atomic mass is 10.5. The molecule has 17 heavy (non-hydrogen) atoms.